The third kappa shape index (κ3) is 6.33. The van der Waals surface area contributed by atoms with E-state index in [1.807, 2.05) is 0 Å². The normalized spacial score (nSPS) is 18.1. The Hall–Kier alpha value is -4.06. The van der Waals surface area contributed by atoms with Crippen LogP contribution < -0.4 is 10.1 Å². The van der Waals surface area contributed by atoms with E-state index in [4.69, 9.17) is 9.47 Å². The Bertz CT molecular complexity index is 1170. The van der Waals surface area contributed by atoms with E-state index in [1.54, 1.807) is 76.2 Å². The minimum absolute atomic E-state index is 0.0403. The SMILES string of the molecule is CC(C)(C)OC(=O)N1CCC[C@@]1(C)C(=O)N[C@@H](Cc1ccc(Oc2ccccc2C#N)cc1)C(=O)O. The van der Waals surface area contributed by atoms with Gasteiger partial charge in [-0.25, -0.2) is 9.59 Å². The molecule has 1 fully saturated rings. The van der Waals surface area contributed by atoms with Crippen molar-refractivity contribution >= 4 is 18.0 Å². The highest BCUT2D eigenvalue weighted by atomic mass is 16.6. The van der Waals surface area contributed by atoms with Crippen LogP contribution in [0.5, 0.6) is 11.5 Å². The maximum Gasteiger partial charge on any atom is 0.411 e. The zero-order valence-corrected chi connectivity index (χ0v) is 20.9. The molecule has 0 spiro atoms. The largest absolute Gasteiger partial charge is 0.480 e. The van der Waals surface area contributed by atoms with E-state index in [0.717, 1.165) is 0 Å². The molecule has 0 unspecified atom stereocenters. The minimum atomic E-state index is -1.21. The third-order valence-corrected chi connectivity index (χ3v) is 5.95. The van der Waals surface area contributed by atoms with Gasteiger partial charge in [-0.2, -0.15) is 5.26 Å². The molecule has 3 rings (SSSR count). The van der Waals surface area contributed by atoms with Crippen molar-refractivity contribution in [2.75, 3.05) is 6.54 Å². The summed E-state index contributed by atoms with van der Waals surface area (Å²) in [6.45, 7) is 7.22. The molecule has 190 valence electrons. The van der Waals surface area contributed by atoms with E-state index >= 15 is 0 Å². The van der Waals surface area contributed by atoms with Gasteiger partial charge in [0.1, 0.15) is 34.8 Å². The molecule has 0 radical (unpaired) electrons. The van der Waals surface area contributed by atoms with E-state index in [0.29, 0.717) is 42.0 Å². The van der Waals surface area contributed by atoms with Crippen LogP contribution in [0.4, 0.5) is 4.79 Å². The molecule has 9 heteroatoms. The molecular weight excluding hydrogens is 462 g/mol. The summed E-state index contributed by atoms with van der Waals surface area (Å²) in [7, 11) is 0. The predicted molar refractivity (Wildman–Crippen MR) is 132 cm³/mol. The lowest BCUT2D eigenvalue weighted by Gasteiger charge is -2.35. The summed E-state index contributed by atoms with van der Waals surface area (Å²) < 4.78 is 11.2. The number of hydrogen-bond acceptors (Lipinski definition) is 6. The number of hydrogen-bond donors (Lipinski definition) is 2. The summed E-state index contributed by atoms with van der Waals surface area (Å²) in [6, 6.07) is 14.5. The summed E-state index contributed by atoms with van der Waals surface area (Å²) in [4.78, 5) is 39.2. The second-order valence-electron chi connectivity index (χ2n) is 9.93. The smallest absolute Gasteiger partial charge is 0.411 e. The van der Waals surface area contributed by atoms with Crippen molar-refractivity contribution in [2.45, 2.75) is 64.1 Å². The fraction of sp³-hybridized carbons (Fsp3) is 0.407. The first kappa shape index (κ1) is 26.5. The van der Waals surface area contributed by atoms with Gasteiger partial charge in [0.05, 0.1) is 5.56 Å². The molecule has 2 aromatic carbocycles. The lowest BCUT2D eigenvalue weighted by molar-refractivity contribution is -0.143. The zero-order chi connectivity index (χ0) is 26.5. The summed E-state index contributed by atoms with van der Waals surface area (Å²) in [6.07, 6.45) is 0.453. The van der Waals surface area contributed by atoms with E-state index in [2.05, 4.69) is 11.4 Å². The first-order chi connectivity index (χ1) is 16.9. The second kappa shape index (κ2) is 10.7. The molecule has 1 heterocycles. The third-order valence-electron chi connectivity index (χ3n) is 5.95. The molecule has 1 aliphatic rings. The molecule has 0 aromatic heterocycles. The number of carbonyl (C=O) groups is 3. The Morgan fingerprint density at radius 2 is 1.83 bits per heavy atom. The number of benzene rings is 2. The van der Waals surface area contributed by atoms with Crippen molar-refractivity contribution in [3.63, 3.8) is 0 Å². The van der Waals surface area contributed by atoms with Gasteiger partial charge in [-0.05, 0) is 70.4 Å². The van der Waals surface area contributed by atoms with Gasteiger partial charge in [-0.15, -0.1) is 0 Å². The van der Waals surface area contributed by atoms with Crippen LogP contribution in [0.3, 0.4) is 0 Å². The van der Waals surface area contributed by atoms with Crippen LogP contribution in [0.1, 0.15) is 51.7 Å². The maximum atomic E-state index is 13.2. The van der Waals surface area contributed by atoms with Crippen LogP contribution in [0.15, 0.2) is 48.5 Å². The Balaban J connectivity index is 1.68. The van der Waals surface area contributed by atoms with Crippen molar-refractivity contribution in [2.24, 2.45) is 0 Å². The molecule has 0 aliphatic carbocycles. The van der Waals surface area contributed by atoms with Gasteiger partial charge in [-0.3, -0.25) is 9.69 Å². The fourth-order valence-electron chi connectivity index (χ4n) is 4.03. The van der Waals surface area contributed by atoms with Crippen LogP contribution in [0, 0.1) is 11.3 Å². The molecular formula is C27H31N3O6. The quantitative estimate of drug-likeness (QED) is 0.590. The molecule has 9 nitrogen and oxygen atoms in total. The number of carboxylic acid groups (broad SMARTS) is 1. The summed E-state index contributed by atoms with van der Waals surface area (Å²) in [5.74, 6) is -0.810. The number of para-hydroxylation sites is 1. The first-order valence-electron chi connectivity index (χ1n) is 11.7. The molecule has 0 saturated carbocycles. The molecule has 0 bridgehead atoms. The van der Waals surface area contributed by atoms with Crippen LogP contribution in [-0.2, 0) is 20.7 Å². The van der Waals surface area contributed by atoms with E-state index in [1.165, 1.54) is 4.90 Å². The molecule has 2 amide bonds. The number of carbonyl (C=O) groups excluding carboxylic acids is 2. The molecule has 2 aromatic rings. The average molecular weight is 494 g/mol. The number of rotatable bonds is 7. The topological polar surface area (TPSA) is 129 Å². The summed E-state index contributed by atoms with van der Waals surface area (Å²) in [5, 5.41) is 21.6. The standard InChI is InChI=1S/C27H31N3O6/c1-26(2,3)36-25(34)30-15-7-14-27(30,4)24(33)29-21(23(31)32)16-18-10-12-20(13-11-18)35-22-9-6-5-8-19(22)17-28/h5-6,8-13,21H,7,14-16H2,1-4H3,(H,29,33)(H,31,32)/t21-,27-/m0/s1. The minimum Gasteiger partial charge on any atom is -0.480 e. The highest BCUT2D eigenvalue weighted by molar-refractivity contribution is 5.93. The van der Waals surface area contributed by atoms with Crippen LogP contribution in [-0.4, -0.2) is 51.7 Å². The van der Waals surface area contributed by atoms with E-state index in [-0.39, 0.29) is 6.42 Å². The van der Waals surface area contributed by atoms with Gasteiger partial charge in [0.15, 0.2) is 0 Å². The number of carboxylic acids is 1. The van der Waals surface area contributed by atoms with Gasteiger partial charge in [0, 0.05) is 13.0 Å². The number of nitrogens with one attached hydrogen (secondary N) is 1. The van der Waals surface area contributed by atoms with Crippen LogP contribution >= 0.6 is 0 Å². The lowest BCUT2D eigenvalue weighted by atomic mass is 9.96. The number of aliphatic carboxylic acids is 1. The monoisotopic (exact) mass is 493 g/mol. The van der Waals surface area contributed by atoms with Crippen LogP contribution in [0.2, 0.25) is 0 Å². The number of likely N-dealkylation sites (tertiary alicyclic amines) is 1. The van der Waals surface area contributed by atoms with Crippen molar-refractivity contribution in [3.8, 4) is 17.6 Å². The van der Waals surface area contributed by atoms with Gasteiger partial charge in [-0.1, -0.05) is 24.3 Å². The number of nitriles is 1. The van der Waals surface area contributed by atoms with Gasteiger partial charge >= 0.3 is 12.1 Å². The van der Waals surface area contributed by atoms with Crippen LogP contribution in [0.25, 0.3) is 0 Å². The molecule has 2 N–H and O–H groups in total. The Labute approximate surface area is 210 Å². The average Bonchev–Trinajstić information content (AvgIpc) is 3.22. The highest BCUT2D eigenvalue weighted by Gasteiger charge is 2.48. The number of nitrogens with zero attached hydrogens (tertiary/aromatic N) is 2. The van der Waals surface area contributed by atoms with E-state index in [9.17, 15) is 24.8 Å². The molecule has 1 saturated heterocycles. The molecule has 2 atom stereocenters. The molecule has 36 heavy (non-hydrogen) atoms. The Morgan fingerprint density at radius 1 is 1.17 bits per heavy atom. The van der Waals surface area contributed by atoms with Gasteiger partial charge in [0.2, 0.25) is 5.91 Å². The number of ether oxygens (including phenoxy) is 2. The maximum absolute atomic E-state index is 13.2. The summed E-state index contributed by atoms with van der Waals surface area (Å²) in [5.41, 5.74) is -0.852. The second-order valence-corrected chi connectivity index (χ2v) is 9.93. The van der Waals surface area contributed by atoms with Crippen molar-refractivity contribution in [1.29, 1.82) is 5.26 Å². The van der Waals surface area contributed by atoms with Crippen molar-refractivity contribution < 1.29 is 29.0 Å². The van der Waals surface area contributed by atoms with Gasteiger partial charge in [0.25, 0.3) is 0 Å². The first-order valence-corrected chi connectivity index (χ1v) is 11.7. The Kier molecular flexibility index (Phi) is 7.88. The fourth-order valence-corrected chi connectivity index (χ4v) is 4.03. The van der Waals surface area contributed by atoms with Gasteiger partial charge < -0.3 is 19.9 Å². The predicted octanol–water partition coefficient (Wildman–Crippen LogP) is 4.25. The summed E-state index contributed by atoms with van der Waals surface area (Å²) >= 11 is 0. The van der Waals surface area contributed by atoms with Crippen molar-refractivity contribution in [1.82, 2.24) is 10.2 Å². The van der Waals surface area contributed by atoms with E-state index < -0.39 is 35.2 Å². The molecule has 1 aliphatic heterocycles. The van der Waals surface area contributed by atoms with Crippen molar-refractivity contribution in [3.05, 3.63) is 59.7 Å². The Morgan fingerprint density at radius 3 is 2.44 bits per heavy atom. The zero-order valence-electron chi connectivity index (χ0n) is 20.9. The number of amides is 2. The lowest BCUT2D eigenvalue weighted by Crippen LogP contribution is -2.59. The highest BCUT2D eigenvalue weighted by Crippen LogP contribution is 2.31.